The molecule has 4 nitrogen and oxygen atoms in total. The van der Waals surface area contributed by atoms with Crippen LogP contribution in [0.2, 0.25) is 0 Å². The van der Waals surface area contributed by atoms with Crippen LogP contribution in [0, 0.1) is 0 Å². The van der Waals surface area contributed by atoms with Crippen LogP contribution in [0.3, 0.4) is 0 Å². The molecule has 25 heavy (non-hydrogen) atoms. The molecule has 0 bridgehead atoms. The summed E-state index contributed by atoms with van der Waals surface area (Å²) in [6.45, 7) is 0. The number of fused-ring (bicyclic) bond motifs is 3. The van der Waals surface area contributed by atoms with Gasteiger partial charge in [-0.1, -0.05) is 65.8 Å². The first-order valence-electron chi connectivity index (χ1n) is 8.29. The molecule has 1 atom stereocenters. The van der Waals surface area contributed by atoms with E-state index in [9.17, 15) is 0 Å². The van der Waals surface area contributed by atoms with Crippen LogP contribution in [-0.2, 0) is 4.84 Å². The maximum Gasteiger partial charge on any atom is 0.176 e. The van der Waals surface area contributed by atoms with Crippen molar-refractivity contribution >= 4 is 33.1 Å². The number of furan rings is 1. The van der Waals surface area contributed by atoms with Gasteiger partial charge in [0, 0.05) is 6.42 Å². The van der Waals surface area contributed by atoms with Crippen LogP contribution in [0.5, 0.6) is 0 Å². The van der Waals surface area contributed by atoms with Gasteiger partial charge in [-0.2, -0.15) is 0 Å². The molecule has 4 aromatic rings. The molecule has 0 fully saturated rings. The molecule has 3 aromatic carbocycles. The van der Waals surface area contributed by atoms with E-state index >= 15 is 0 Å². The van der Waals surface area contributed by atoms with E-state index in [1.165, 1.54) is 0 Å². The molecule has 0 radical (unpaired) electrons. The quantitative estimate of drug-likeness (QED) is 0.561. The van der Waals surface area contributed by atoms with Crippen LogP contribution in [0.4, 0.5) is 5.69 Å². The predicted molar refractivity (Wildman–Crippen MR) is 99.6 cm³/mol. The summed E-state index contributed by atoms with van der Waals surface area (Å²) in [5.41, 5.74) is 9.70. The Morgan fingerprint density at radius 1 is 0.920 bits per heavy atom. The second-order valence-electron chi connectivity index (χ2n) is 6.25. The number of nitrogens with zero attached hydrogens (tertiary/aromatic N) is 1. The van der Waals surface area contributed by atoms with Gasteiger partial charge in [0.15, 0.2) is 11.9 Å². The summed E-state index contributed by atoms with van der Waals surface area (Å²) in [6, 6.07) is 22.2. The van der Waals surface area contributed by atoms with Gasteiger partial charge in [-0.15, -0.1) is 0 Å². The van der Waals surface area contributed by atoms with Crippen molar-refractivity contribution in [3.63, 3.8) is 0 Å². The Morgan fingerprint density at radius 2 is 1.72 bits per heavy atom. The van der Waals surface area contributed by atoms with Crippen molar-refractivity contribution in [1.29, 1.82) is 0 Å². The zero-order valence-corrected chi connectivity index (χ0v) is 13.5. The maximum absolute atomic E-state index is 6.44. The van der Waals surface area contributed by atoms with Crippen LogP contribution in [0.25, 0.3) is 21.7 Å². The fourth-order valence-corrected chi connectivity index (χ4v) is 3.47. The third-order valence-corrected chi connectivity index (χ3v) is 4.72. The molecule has 0 amide bonds. The number of hydrogen-bond acceptors (Lipinski definition) is 4. The van der Waals surface area contributed by atoms with E-state index in [0.717, 1.165) is 33.0 Å². The summed E-state index contributed by atoms with van der Waals surface area (Å²) in [6.07, 6.45) is 0.548. The van der Waals surface area contributed by atoms with Crippen LogP contribution in [0.1, 0.15) is 23.8 Å². The van der Waals surface area contributed by atoms with Gasteiger partial charge in [-0.3, -0.25) is 0 Å². The molecule has 1 aliphatic rings. The molecule has 0 aliphatic carbocycles. The van der Waals surface area contributed by atoms with E-state index in [1.54, 1.807) is 0 Å². The van der Waals surface area contributed by atoms with Crippen LogP contribution >= 0.6 is 0 Å². The van der Waals surface area contributed by atoms with Crippen molar-refractivity contribution in [3.05, 3.63) is 78.1 Å². The number of nitrogens with two attached hydrogens (primary N) is 1. The second-order valence-corrected chi connectivity index (χ2v) is 6.25. The maximum atomic E-state index is 6.44. The van der Waals surface area contributed by atoms with E-state index in [4.69, 9.17) is 15.0 Å². The Balaban J connectivity index is 1.58. The van der Waals surface area contributed by atoms with Crippen LogP contribution in [0.15, 0.2) is 76.3 Å². The van der Waals surface area contributed by atoms with Crippen LogP contribution in [-0.4, -0.2) is 5.71 Å². The molecule has 0 saturated heterocycles. The number of nitrogen functional groups attached to an aromatic ring is 1. The molecule has 1 unspecified atom stereocenters. The lowest BCUT2D eigenvalue weighted by Crippen LogP contribution is -2.02. The van der Waals surface area contributed by atoms with Gasteiger partial charge in [-0.05, 0) is 22.4 Å². The molecule has 0 spiro atoms. The monoisotopic (exact) mass is 328 g/mol. The molecule has 5 rings (SSSR count). The van der Waals surface area contributed by atoms with Crippen molar-refractivity contribution in [2.24, 2.45) is 5.16 Å². The van der Waals surface area contributed by atoms with Crippen molar-refractivity contribution in [3.8, 4) is 0 Å². The first-order chi connectivity index (χ1) is 12.3. The minimum Gasteiger partial charge on any atom is -0.452 e. The highest BCUT2D eigenvalue weighted by Crippen LogP contribution is 2.38. The zero-order valence-electron chi connectivity index (χ0n) is 13.5. The van der Waals surface area contributed by atoms with Crippen molar-refractivity contribution in [1.82, 2.24) is 0 Å². The Kier molecular flexibility index (Phi) is 3.04. The molecule has 2 heterocycles. The minimum absolute atomic E-state index is 0.0967. The molecule has 4 heteroatoms. The molecule has 0 saturated carbocycles. The van der Waals surface area contributed by atoms with Crippen molar-refractivity contribution < 1.29 is 9.25 Å². The Labute approximate surface area is 144 Å². The lowest BCUT2D eigenvalue weighted by Gasteiger charge is -2.07. The summed E-state index contributed by atoms with van der Waals surface area (Å²) < 4.78 is 6.04. The van der Waals surface area contributed by atoms with Gasteiger partial charge < -0.3 is 15.0 Å². The highest BCUT2D eigenvalue weighted by Gasteiger charge is 2.28. The van der Waals surface area contributed by atoms with Crippen molar-refractivity contribution in [2.75, 3.05) is 5.73 Å². The number of hydrogen-bond donors (Lipinski definition) is 1. The van der Waals surface area contributed by atoms with Gasteiger partial charge >= 0.3 is 0 Å². The van der Waals surface area contributed by atoms with E-state index in [1.807, 2.05) is 54.6 Å². The highest BCUT2D eigenvalue weighted by molar-refractivity contribution is 6.17. The second kappa shape index (κ2) is 5.38. The molecular weight excluding hydrogens is 312 g/mol. The summed E-state index contributed by atoms with van der Waals surface area (Å²) in [4.78, 5) is 5.62. The average molecular weight is 328 g/mol. The van der Waals surface area contributed by atoms with Gasteiger partial charge in [0.2, 0.25) is 0 Å². The molecule has 1 aromatic heterocycles. The smallest absolute Gasteiger partial charge is 0.176 e. The summed E-state index contributed by atoms with van der Waals surface area (Å²) >= 11 is 0. The fraction of sp³-hybridized carbons (Fsp3) is 0.0952. The molecule has 1 aliphatic heterocycles. The normalized spacial score (nSPS) is 17.0. The van der Waals surface area contributed by atoms with Gasteiger partial charge in [0.25, 0.3) is 0 Å². The average Bonchev–Trinajstić information content (AvgIpc) is 3.27. The Bertz CT molecular complexity index is 1110. The van der Waals surface area contributed by atoms with Crippen LogP contribution < -0.4 is 5.73 Å². The largest absolute Gasteiger partial charge is 0.452 e. The molecular formula is C21H16N2O2. The Hall–Kier alpha value is -3.27. The van der Waals surface area contributed by atoms with E-state index in [-0.39, 0.29) is 6.10 Å². The standard InChI is InChI=1S/C21H16N2O2/c22-20-19-15-9-5-4-6-13(15)10-11-17(19)24-21(20)16-12-18(25-23-16)14-7-2-1-3-8-14/h1-11,18H,12,22H2. The minimum atomic E-state index is -0.0967. The Morgan fingerprint density at radius 3 is 2.60 bits per heavy atom. The lowest BCUT2D eigenvalue weighted by atomic mass is 10.0. The number of rotatable bonds is 2. The SMILES string of the molecule is Nc1c(C2=NOC(c3ccccc3)C2)oc2ccc3ccccc3c12. The summed E-state index contributed by atoms with van der Waals surface area (Å²) in [5.74, 6) is 0.616. The first-order valence-corrected chi connectivity index (χ1v) is 8.29. The van der Waals surface area contributed by atoms with Gasteiger partial charge in [-0.25, -0.2) is 0 Å². The number of oxime groups is 1. The fourth-order valence-electron chi connectivity index (χ4n) is 3.47. The van der Waals surface area contributed by atoms with Crippen molar-refractivity contribution in [2.45, 2.75) is 12.5 Å². The topological polar surface area (TPSA) is 60.8 Å². The van der Waals surface area contributed by atoms with Gasteiger partial charge in [0.1, 0.15) is 11.3 Å². The predicted octanol–water partition coefficient (Wildman–Crippen LogP) is 5.03. The summed E-state index contributed by atoms with van der Waals surface area (Å²) in [5, 5.41) is 7.42. The van der Waals surface area contributed by atoms with Gasteiger partial charge in [0.05, 0.1) is 11.1 Å². The van der Waals surface area contributed by atoms with E-state index < -0.39 is 0 Å². The summed E-state index contributed by atoms with van der Waals surface area (Å²) in [7, 11) is 0. The third kappa shape index (κ3) is 2.18. The number of benzene rings is 3. The molecule has 122 valence electrons. The lowest BCUT2D eigenvalue weighted by molar-refractivity contribution is 0.0857. The molecule has 2 N–H and O–H groups in total. The third-order valence-electron chi connectivity index (χ3n) is 4.72. The number of anilines is 1. The first kappa shape index (κ1) is 14.1. The van der Waals surface area contributed by atoms with E-state index in [2.05, 4.69) is 17.3 Å². The zero-order chi connectivity index (χ0) is 16.8. The highest BCUT2D eigenvalue weighted by atomic mass is 16.6. The van der Waals surface area contributed by atoms with E-state index in [0.29, 0.717) is 17.9 Å².